The van der Waals surface area contributed by atoms with Crippen LogP contribution in [0.1, 0.15) is 75.5 Å². The number of rotatable bonds is 15. The van der Waals surface area contributed by atoms with Crippen molar-refractivity contribution in [1.82, 2.24) is 0 Å². The number of methoxy groups -OCH3 is 1. The molecule has 0 aromatic heterocycles. The van der Waals surface area contributed by atoms with Crippen LogP contribution >= 0.6 is 0 Å². The zero-order chi connectivity index (χ0) is 23.3. The maximum absolute atomic E-state index is 11.4. The molecule has 0 aliphatic rings. The Balaban J connectivity index is 2.04. The van der Waals surface area contributed by atoms with E-state index in [-0.39, 0.29) is 0 Å². The summed E-state index contributed by atoms with van der Waals surface area (Å²) in [5.41, 5.74) is 3.10. The number of ether oxygens (including phenoxy) is 3. The quantitative estimate of drug-likeness (QED) is 0.323. The summed E-state index contributed by atoms with van der Waals surface area (Å²) >= 11 is 0. The van der Waals surface area contributed by atoms with E-state index in [4.69, 9.17) is 14.2 Å². The molecule has 2 aromatic carbocycles. The molecule has 2 aromatic rings. The number of carboxylic acid groups (broad SMARTS) is 1. The molecule has 5 nitrogen and oxygen atoms in total. The Morgan fingerprint density at radius 3 is 2.19 bits per heavy atom. The SMILES string of the molecule is CCCCOc1cc(C(C)C(=O)O)ccc1CCCc1ccc(OCCCC)c(OC)c1. The molecular weight excluding hydrogens is 404 g/mol. The van der Waals surface area contributed by atoms with Crippen LogP contribution in [0.5, 0.6) is 17.2 Å². The third-order valence-electron chi connectivity index (χ3n) is 5.61. The summed E-state index contributed by atoms with van der Waals surface area (Å²) < 4.78 is 17.4. The minimum atomic E-state index is -0.826. The van der Waals surface area contributed by atoms with Crippen molar-refractivity contribution in [2.75, 3.05) is 20.3 Å². The van der Waals surface area contributed by atoms with E-state index >= 15 is 0 Å². The van der Waals surface area contributed by atoms with Crippen molar-refractivity contribution >= 4 is 5.97 Å². The molecule has 0 bridgehead atoms. The second-order valence-corrected chi connectivity index (χ2v) is 8.17. The number of hydrogen-bond acceptors (Lipinski definition) is 4. The molecular formula is C27H38O5. The van der Waals surface area contributed by atoms with Crippen LogP contribution in [0.25, 0.3) is 0 Å². The molecule has 0 saturated heterocycles. The van der Waals surface area contributed by atoms with Crippen LogP contribution in [0.3, 0.4) is 0 Å². The second kappa shape index (κ2) is 13.7. The van der Waals surface area contributed by atoms with Crippen LogP contribution in [0.4, 0.5) is 0 Å². The van der Waals surface area contributed by atoms with E-state index in [2.05, 4.69) is 26.0 Å². The van der Waals surface area contributed by atoms with Gasteiger partial charge in [0.1, 0.15) is 5.75 Å². The topological polar surface area (TPSA) is 65.0 Å². The number of hydrogen-bond donors (Lipinski definition) is 1. The van der Waals surface area contributed by atoms with Crippen molar-refractivity contribution in [2.24, 2.45) is 0 Å². The Morgan fingerprint density at radius 1 is 0.875 bits per heavy atom. The highest BCUT2D eigenvalue weighted by molar-refractivity contribution is 5.75. The molecule has 1 N–H and O–H groups in total. The van der Waals surface area contributed by atoms with Crippen LogP contribution in [0.15, 0.2) is 36.4 Å². The summed E-state index contributed by atoms with van der Waals surface area (Å²) in [5, 5.41) is 9.34. The summed E-state index contributed by atoms with van der Waals surface area (Å²) in [6.07, 6.45) is 6.88. The molecule has 0 aliphatic carbocycles. The zero-order valence-corrected chi connectivity index (χ0v) is 20.0. The molecule has 0 radical (unpaired) electrons. The lowest BCUT2D eigenvalue weighted by atomic mass is 9.97. The first-order valence-corrected chi connectivity index (χ1v) is 11.8. The zero-order valence-electron chi connectivity index (χ0n) is 20.0. The maximum Gasteiger partial charge on any atom is 0.310 e. The first kappa shape index (κ1) is 25.6. The standard InChI is InChI=1S/C27H38O5/c1-5-7-16-31-24-15-12-21(18-26(24)30-4)10-9-11-22-13-14-23(20(3)27(28)29)19-25(22)32-17-8-6-2/h12-15,18-20H,5-11,16-17H2,1-4H3,(H,28,29). The summed E-state index contributed by atoms with van der Waals surface area (Å²) in [6.45, 7) is 7.32. The fraction of sp³-hybridized carbons (Fsp3) is 0.519. The molecule has 176 valence electrons. The Morgan fingerprint density at radius 2 is 1.56 bits per heavy atom. The van der Waals surface area contributed by atoms with Gasteiger partial charge in [-0.15, -0.1) is 0 Å². The molecule has 1 unspecified atom stereocenters. The molecule has 0 saturated carbocycles. The first-order chi connectivity index (χ1) is 15.5. The molecule has 0 fully saturated rings. The molecule has 1 atom stereocenters. The maximum atomic E-state index is 11.4. The minimum absolute atomic E-state index is 0.553. The molecule has 2 rings (SSSR count). The van der Waals surface area contributed by atoms with Crippen LogP contribution in [-0.4, -0.2) is 31.4 Å². The van der Waals surface area contributed by atoms with E-state index < -0.39 is 11.9 Å². The Labute approximate surface area is 192 Å². The van der Waals surface area contributed by atoms with Gasteiger partial charge in [0.2, 0.25) is 0 Å². The van der Waals surface area contributed by atoms with E-state index in [9.17, 15) is 9.90 Å². The number of carboxylic acids is 1. The largest absolute Gasteiger partial charge is 0.493 e. The van der Waals surface area contributed by atoms with Gasteiger partial charge in [-0.2, -0.15) is 0 Å². The first-order valence-electron chi connectivity index (χ1n) is 11.8. The van der Waals surface area contributed by atoms with Gasteiger partial charge in [-0.25, -0.2) is 0 Å². The van der Waals surface area contributed by atoms with Gasteiger partial charge in [-0.3, -0.25) is 4.79 Å². The third kappa shape index (κ3) is 7.77. The number of aliphatic carboxylic acids is 1. The highest BCUT2D eigenvalue weighted by Gasteiger charge is 2.16. The highest BCUT2D eigenvalue weighted by atomic mass is 16.5. The van der Waals surface area contributed by atoms with Crippen molar-refractivity contribution in [1.29, 1.82) is 0 Å². The third-order valence-corrected chi connectivity index (χ3v) is 5.61. The fourth-order valence-electron chi connectivity index (χ4n) is 3.45. The van der Waals surface area contributed by atoms with Crippen molar-refractivity contribution in [2.45, 2.75) is 71.6 Å². The molecule has 0 aliphatic heterocycles. The molecule has 32 heavy (non-hydrogen) atoms. The molecule has 0 heterocycles. The van der Waals surface area contributed by atoms with Crippen molar-refractivity contribution in [3.05, 3.63) is 53.1 Å². The molecule has 0 amide bonds. The number of aryl methyl sites for hydroxylation is 2. The summed E-state index contributed by atoms with van der Waals surface area (Å²) in [5.74, 6) is 0.992. The van der Waals surface area contributed by atoms with E-state index in [0.29, 0.717) is 13.2 Å². The number of carbonyl (C=O) groups is 1. The lowest BCUT2D eigenvalue weighted by Crippen LogP contribution is -2.09. The van der Waals surface area contributed by atoms with Gasteiger partial charge in [0.05, 0.1) is 26.2 Å². The average Bonchev–Trinajstić information content (AvgIpc) is 2.80. The lowest BCUT2D eigenvalue weighted by molar-refractivity contribution is -0.138. The normalized spacial score (nSPS) is 11.8. The van der Waals surface area contributed by atoms with Gasteiger partial charge in [0.25, 0.3) is 0 Å². The van der Waals surface area contributed by atoms with Crippen LogP contribution < -0.4 is 14.2 Å². The predicted octanol–water partition coefficient (Wildman–Crippen LogP) is 6.42. The van der Waals surface area contributed by atoms with E-state index in [0.717, 1.165) is 73.3 Å². The van der Waals surface area contributed by atoms with Gasteiger partial charge in [0, 0.05) is 0 Å². The van der Waals surface area contributed by atoms with Crippen molar-refractivity contribution < 1.29 is 24.1 Å². The van der Waals surface area contributed by atoms with Crippen LogP contribution in [0, 0.1) is 0 Å². The lowest BCUT2D eigenvalue weighted by Gasteiger charge is -2.15. The number of benzene rings is 2. The Kier molecular flexibility index (Phi) is 10.9. The Bertz CT molecular complexity index is 846. The summed E-state index contributed by atoms with van der Waals surface area (Å²) in [6, 6.07) is 12.0. The monoisotopic (exact) mass is 442 g/mol. The number of unbranched alkanes of at least 4 members (excludes halogenated alkanes) is 2. The van der Waals surface area contributed by atoms with E-state index in [1.165, 1.54) is 5.56 Å². The average molecular weight is 443 g/mol. The van der Waals surface area contributed by atoms with Gasteiger partial charge in [-0.1, -0.05) is 44.9 Å². The van der Waals surface area contributed by atoms with E-state index in [1.54, 1.807) is 14.0 Å². The van der Waals surface area contributed by atoms with Gasteiger partial charge < -0.3 is 19.3 Å². The van der Waals surface area contributed by atoms with Crippen LogP contribution in [-0.2, 0) is 17.6 Å². The molecule has 0 spiro atoms. The minimum Gasteiger partial charge on any atom is -0.493 e. The van der Waals surface area contributed by atoms with Gasteiger partial charge in [-0.05, 0) is 73.9 Å². The predicted molar refractivity (Wildman–Crippen MR) is 128 cm³/mol. The van der Waals surface area contributed by atoms with Gasteiger partial charge in [0.15, 0.2) is 11.5 Å². The smallest absolute Gasteiger partial charge is 0.310 e. The highest BCUT2D eigenvalue weighted by Crippen LogP contribution is 2.30. The molecule has 5 heteroatoms. The van der Waals surface area contributed by atoms with Crippen molar-refractivity contribution in [3.8, 4) is 17.2 Å². The second-order valence-electron chi connectivity index (χ2n) is 8.17. The fourth-order valence-corrected chi connectivity index (χ4v) is 3.45. The van der Waals surface area contributed by atoms with Gasteiger partial charge >= 0.3 is 5.97 Å². The summed E-state index contributed by atoms with van der Waals surface area (Å²) in [4.78, 5) is 11.4. The van der Waals surface area contributed by atoms with Crippen LogP contribution in [0.2, 0.25) is 0 Å². The Hall–Kier alpha value is -2.69. The van der Waals surface area contributed by atoms with E-state index in [1.807, 2.05) is 24.3 Å². The van der Waals surface area contributed by atoms with Crippen molar-refractivity contribution in [3.63, 3.8) is 0 Å². The summed E-state index contributed by atoms with van der Waals surface area (Å²) in [7, 11) is 1.67.